The van der Waals surface area contributed by atoms with Gasteiger partial charge >= 0.3 is 0 Å². The highest BCUT2D eigenvalue weighted by Gasteiger charge is 1.84. The smallest absolute Gasteiger partial charge is 0.167 e. The van der Waals surface area contributed by atoms with Crippen molar-refractivity contribution in [2.45, 2.75) is 4.84 Å². The van der Waals surface area contributed by atoms with E-state index in [9.17, 15) is 0 Å². The van der Waals surface area contributed by atoms with Gasteiger partial charge < -0.3 is 4.74 Å². The van der Waals surface area contributed by atoms with Gasteiger partial charge in [-0.1, -0.05) is 35.0 Å². The molecule has 0 aromatic carbocycles. The monoisotopic (exact) mass is 152 g/mol. The van der Waals surface area contributed by atoms with E-state index in [2.05, 4.69) is 16.6 Å². The summed E-state index contributed by atoms with van der Waals surface area (Å²) in [6, 6.07) is 0. The van der Waals surface area contributed by atoms with Crippen molar-refractivity contribution in [3.8, 4) is 11.8 Å². The third-order valence-corrected chi connectivity index (χ3v) is 0.646. The normalized spacial score (nSPS) is 8.50. The molecular formula is C5H6Cl2O. The van der Waals surface area contributed by atoms with E-state index in [0.717, 1.165) is 0 Å². The number of ether oxygens (including phenoxy) is 1. The molecule has 0 aliphatic carbocycles. The molecule has 0 spiro atoms. The SMILES string of the molecule is COCC#CC(Cl)Cl. The highest BCUT2D eigenvalue weighted by atomic mass is 35.5. The van der Waals surface area contributed by atoms with Crippen LogP contribution < -0.4 is 0 Å². The predicted octanol–water partition coefficient (Wildman–Crippen LogP) is 1.44. The summed E-state index contributed by atoms with van der Waals surface area (Å²) in [6.07, 6.45) is 0. The van der Waals surface area contributed by atoms with Crippen LogP contribution in [0, 0.1) is 11.8 Å². The molecule has 0 atom stereocenters. The van der Waals surface area contributed by atoms with Crippen LogP contribution in [0.15, 0.2) is 0 Å². The van der Waals surface area contributed by atoms with E-state index in [1.165, 1.54) is 0 Å². The first-order valence-corrected chi connectivity index (χ1v) is 2.90. The molecule has 0 aliphatic rings. The van der Waals surface area contributed by atoms with Gasteiger partial charge in [0, 0.05) is 7.11 Å². The topological polar surface area (TPSA) is 9.23 Å². The molecule has 0 heterocycles. The zero-order chi connectivity index (χ0) is 6.41. The van der Waals surface area contributed by atoms with Crippen LogP contribution in [0.3, 0.4) is 0 Å². The Balaban J connectivity index is 3.20. The lowest BCUT2D eigenvalue weighted by Gasteiger charge is -1.83. The molecule has 0 aromatic rings. The van der Waals surface area contributed by atoms with Crippen molar-refractivity contribution in [3.63, 3.8) is 0 Å². The summed E-state index contributed by atoms with van der Waals surface area (Å²) in [5.41, 5.74) is 0. The predicted molar refractivity (Wildman–Crippen MR) is 35.1 cm³/mol. The molecule has 3 heteroatoms. The van der Waals surface area contributed by atoms with Gasteiger partial charge in [-0.25, -0.2) is 0 Å². The lowest BCUT2D eigenvalue weighted by Crippen LogP contribution is -1.83. The third kappa shape index (κ3) is 6.10. The third-order valence-electron chi connectivity index (χ3n) is 0.428. The zero-order valence-electron chi connectivity index (χ0n) is 4.45. The van der Waals surface area contributed by atoms with Crippen molar-refractivity contribution in [2.75, 3.05) is 13.7 Å². The standard InChI is InChI=1S/C5H6Cl2O/c1-8-4-2-3-5(6)7/h5H,4H2,1H3. The minimum atomic E-state index is -0.592. The van der Waals surface area contributed by atoms with E-state index < -0.39 is 4.84 Å². The molecule has 0 unspecified atom stereocenters. The van der Waals surface area contributed by atoms with Crippen LogP contribution in [-0.4, -0.2) is 18.6 Å². The molecule has 0 amide bonds. The summed E-state index contributed by atoms with van der Waals surface area (Å²) in [6.45, 7) is 0.385. The maximum Gasteiger partial charge on any atom is 0.167 e. The molecule has 0 saturated carbocycles. The number of rotatable bonds is 1. The van der Waals surface area contributed by atoms with Crippen molar-refractivity contribution in [1.29, 1.82) is 0 Å². The van der Waals surface area contributed by atoms with Crippen LogP contribution in [-0.2, 0) is 4.74 Å². The molecule has 0 fully saturated rings. The highest BCUT2D eigenvalue weighted by Crippen LogP contribution is 1.96. The van der Waals surface area contributed by atoms with Crippen molar-refractivity contribution >= 4 is 23.2 Å². The molecule has 46 valence electrons. The Morgan fingerprint density at radius 3 is 2.62 bits per heavy atom. The van der Waals surface area contributed by atoms with E-state index in [4.69, 9.17) is 23.2 Å². The molecule has 1 nitrogen and oxygen atoms in total. The van der Waals surface area contributed by atoms with Crippen molar-refractivity contribution < 1.29 is 4.74 Å². The zero-order valence-corrected chi connectivity index (χ0v) is 5.96. The molecule has 0 aromatic heterocycles. The average molecular weight is 153 g/mol. The van der Waals surface area contributed by atoms with Crippen LogP contribution in [0.25, 0.3) is 0 Å². The molecular weight excluding hydrogens is 147 g/mol. The number of halogens is 2. The number of methoxy groups -OCH3 is 1. The number of hydrogen-bond acceptors (Lipinski definition) is 1. The minimum Gasteiger partial charge on any atom is -0.372 e. The molecule has 0 aliphatic heterocycles. The second kappa shape index (κ2) is 5.24. The quantitative estimate of drug-likeness (QED) is 0.409. The first kappa shape index (κ1) is 8.10. The fourth-order valence-electron chi connectivity index (χ4n) is 0.191. The summed E-state index contributed by atoms with van der Waals surface area (Å²) in [4.78, 5) is -0.592. The van der Waals surface area contributed by atoms with Gasteiger partial charge in [-0.2, -0.15) is 0 Å². The molecule has 0 N–H and O–H groups in total. The first-order valence-electron chi connectivity index (χ1n) is 2.03. The van der Waals surface area contributed by atoms with Crippen molar-refractivity contribution in [1.82, 2.24) is 0 Å². The molecule has 0 radical (unpaired) electrons. The van der Waals surface area contributed by atoms with Gasteiger partial charge in [0.25, 0.3) is 0 Å². The molecule has 0 rings (SSSR count). The second-order valence-corrected chi connectivity index (χ2v) is 2.15. The maximum atomic E-state index is 5.25. The summed E-state index contributed by atoms with van der Waals surface area (Å²) in [7, 11) is 1.56. The Hall–Kier alpha value is 0.100. The summed E-state index contributed by atoms with van der Waals surface area (Å²) in [5.74, 6) is 5.10. The molecule has 0 saturated heterocycles. The largest absolute Gasteiger partial charge is 0.372 e. The molecule has 0 bridgehead atoms. The van der Waals surface area contributed by atoms with E-state index >= 15 is 0 Å². The Bertz CT molecular complexity index is 101. The van der Waals surface area contributed by atoms with Crippen LogP contribution in [0.1, 0.15) is 0 Å². The summed E-state index contributed by atoms with van der Waals surface area (Å²) < 4.78 is 4.60. The van der Waals surface area contributed by atoms with E-state index in [-0.39, 0.29) is 0 Å². The second-order valence-electron chi connectivity index (χ2n) is 1.05. The maximum absolute atomic E-state index is 5.25. The Labute approximate surface area is 58.9 Å². The Morgan fingerprint density at radius 1 is 1.62 bits per heavy atom. The van der Waals surface area contributed by atoms with Crippen LogP contribution in [0.2, 0.25) is 0 Å². The first-order chi connectivity index (χ1) is 3.77. The van der Waals surface area contributed by atoms with E-state index in [0.29, 0.717) is 6.61 Å². The van der Waals surface area contributed by atoms with Crippen LogP contribution >= 0.6 is 23.2 Å². The van der Waals surface area contributed by atoms with Gasteiger partial charge in [0.2, 0.25) is 0 Å². The summed E-state index contributed by atoms with van der Waals surface area (Å²) >= 11 is 10.5. The van der Waals surface area contributed by atoms with E-state index in [1.54, 1.807) is 7.11 Å². The highest BCUT2D eigenvalue weighted by molar-refractivity contribution is 6.46. The fourth-order valence-corrected chi connectivity index (χ4v) is 0.345. The Kier molecular flexibility index (Phi) is 5.31. The van der Waals surface area contributed by atoms with Gasteiger partial charge in [-0.15, -0.1) is 0 Å². The van der Waals surface area contributed by atoms with Gasteiger partial charge in [0.15, 0.2) is 4.84 Å². The van der Waals surface area contributed by atoms with Crippen molar-refractivity contribution in [3.05, 3.63) is 0 Å². The lowest BCUT2D eigenvalue weighted by molar-refractivity contribution is 0.239. The molecule has 8 heavy (non-hydrogen) atoms. The van der Waals surface area contributed by atoms with Crippen LogP contribution in [0.5, 0.6) is 0 Å². The van der Waals surface area contributed by atoms with Crippen LogP contribution in [0.4, 0.5) is 0 Å². The Morgan fingerprint density at radius 2 is 2.25 bits per heavy atom. The van der Waals surface area contributed by atoms with Gasteiger partial charge in [0.05, 0.1) is 0 Å². The van der Waals surface area contributed by atoms with Gasteiger partial charge in [0.1, 0.15) is 6.61 Å². The van der Waals surface area contributed by atoms with Gasteiger partial charge in [-0.3, -0.25) is 0 Å². The fraction of sp³-hybridized carbons (Fsp3) is 0.600. The number of hydrogen-bond donors (Lipinski definition) is 0. The average Bonchev–Trinajstić information content (AvgIpc) is 1.66. The summed E-state index contributed by atoms with van der Waals surface area (Å²) in [5, 5.41) is 0. The minimum absolute atomic E-state index is 0.385. The van der Waals surface area contributed by atoms with Gasteiger partial charge in [-0.05, 0) is 0 Å². The van der Waals surface area contributed by atoms with E-state index in [1.807, 2.05) is 0 Å². The lowest BCUT2D eigenvalue weighted by atomic mass is 10.6. The number of alkyl halides is 2. The van der Waals surface area contributed by atoms with Crippen molar-refractivity contribution in [2.24, 2.45) is 0 Å².